The smallest absolute Gasteiger partial charge is 0.105 e. The Morgan fingerprint density at radius 3 is 0.585 bits per heavy atom. The molecule has 0 aromatic heterocycles. The summed E-state index contributed by atoms with van der Waals surface area (Å²) >= 11 is 0. The molecule has 0 amide bonds. The Morgan fingerprint density at radius 1 is 0.341 bits per heavy atom. The summed E-state index contributed by atoms with van der Waals surface area (Å²) in [7, 11) is 5.53. The van der Waals surface area contributed by atoms with Gasteiger partial charge >= 0.3 is 26.2 Å². The van der Waals surface area contributed by atoms with Crippen LogP contribution in [0.25, 0.3) is 0 Å². The van der Waals surface area contributed by atoms with Gasteiger partial charge in [-0.05, 0) is 134 Å². The molecule has 0 spiro atoms. The van der Waals surface area contributed by atoms with Gasteiger partial charge in [-0.15, -0.1) is 18.5 Å². The fourth-order valence-corrected chi connectivity index (χ4v) is 7.50. The first-order valence-electron chi connectivity index (χ1n) is 16.0. The minimum atomic E-state index is 0. The normalized spacial score (nSPS) is 32.0. The quantitative estimate of drug-likeness (QED) is 0.244. The molecule has 0 saturated heterocycles. The Labute approximate surface area is 281 Å². The van der Waals surface area contributed by atoms with Crippen LogP contribution in [0.1, 0.15) is 103 Å². The van der Waals surface area contributed by atoms with Gasteiger partial charge in [-0.25, -0.2) is 0 Å². The molecule has 2 aromatic rings. The monoisotopic (exact) mass is 674 g/mol. The Balaban J connectivity index is 0.000000516. The Bertz CT molecular complexity index is 855. The van der Waals surface area contributed by atoms with E-state index in [1.807, 2.05) is 0 Å². The fraction of sp³-hybridized carbons (Fsp3) is 0.684. The molecule has 0 radical (unpaired) electrons. The third-order valence-corrected chi connectivity index (χ3v) is 13.6. The molecule has 2 unspecified atom stereocenters. The van der Waals surface area contributed by atoms with Crippen molar-refractivity contribution in [1.29, 1.82) is 0 Å². The van der Waals surface area contributed by atoms with Crippen LogP contribution in [-0.2, 0) is 26.2 Å². The molecular formula is C38H66P2Zr+2. The van der Waals surface area contributed by atoms with Crippen molar-refractivity contribution in [3.05, 3.63) is 57.6 Å². The SMILES string of the molecule is CC1C(C)C(C)C(C)C1C.CC1C(C)C(C)C(C)C1C.Cc1cc(C)c(P)c(C)c1.Cc1cc(C)c(P)c(C)c1.[Zr+2]. The van der Waals surface area contributed by atoms with Crippen LogP contribution in [0.15, 0.2) is 24.3 Å². The zero-order chi connectivity index (χ0) is 31.2. The van der Waals surface area contributed by atoms with Crippen LogP contribution in [0.2, 0.25) is 0 Å². The van der Waals surface area contributed by atoms with Crippen molar-refractivity contribution in [2.24, 2.45) is 59.2 Å². The largest absolute Gasteiger partial charge is 2.00 e. The summed E-state index contributed by atoms with van der Waals surface area (Å²) in [5, 5.41) is 2.68. The zero-order valence-corrected chi connectivity index (χ0v) is 34.5. The summed E-state index contributed by atoms with van der Waals surface area (Å²) in [6.45, 7) is 36.8. The Kier molecular flexibility index (Phi) is 18.3. The van der Waals surface area contributed by atoms with Crippen molar-refractivity contribution < 1.29 is 26.2 Å². The average Bonchev–Trinajstić information content (AvgIpc) is 3.16. The summed E-state index contributed by atoms with van der Waals surface area (Å²) < 4.78 is 0. The Hall–Kier alpha value is 0.183. The molecule has 4 rings (SSSR count). The van der Waals surface area contributed by atoms with Crippen LogP contribution < -0.4 is 10.6 Å². The molecule has 2 aliphatic rings. The molecule has 0 aliphatic heterocycles. The first-order chi connectivity index (χ1) is 18.3. The number of hydrogen-bond donors (Lipinski definition) is 0. The van der Waals surface area contributed by atoms with E-state index in [-0.39, 0.29) is 26.2 Å². The van der Waals surface area contributed by atoms with Crippen molar-refractivity contribution >= 4 is 29.1 Å². The third-order valence-electron chi connectivity index (χ3n) is 11.8. The van der Waals surface area contributed by atoms with Gasteiger partial charge in [-0.2, -0.15) is 0 Å². The number of rotatable bonds is 0. The summed E-state index contributed by atoms with van der Waals surface area (Å²) in [4.78, 5) is 0. The van der Waals surface area contributed by atoms with Crippen LogP contribution in [0.5, 0.6) is 0 Å². The van der Waals surface area contributed by atoms with E-state index in [9.17, 15) is 0 Å². The first kappa shape index (κ1) is 41.2. The van der Waals surface area contributed by atoms with Crippen LogP contribution in [-0.4, -0.2) is 0 Å². The molecule has 0 N–H and O–H groups in total. The minimum Gasteiger partial charge on any atom is -0.105 e. The van der Waals surface area contributed by atoms with E-state index >= 15 is 0 Å². The van der Waals surface area contributed by atoms with Gasteiger partial charge in [0.25, 0.3) is 0 Å². The molecule has 0 heterocycles. The van der Waals surface area contributed by atoms with Gasteiger partial charge in [0.1, 0.15) is 0 Å². The molecule has 3 heteroatoms. The average molecular weight is 676 g/mol. The number of benzene rings is 2. The molecule has 41 heavy (non-hydrogen) atoms. The van der Waals surface area contributed by atoms with Crippen LogP contribution in [0, 0.1) is 101 Å². The maximum atomic E-state index is 2.77. The second-order valence-corrected chi connectivity index (χ2v) is 15.4. The number of hydrogen-bond acceptors (Lipinski definition) is 0. The summed E-state index contributed by atoms with van der Waals surface area (Å²) in [5.74, 6) is 9.35. The molecule has 2 saturated carbocycles. The van der Waals surface area contributed by atoms with Gasteiger partial charge in [-0.1, -0.05) is 105 Å². The standard InChI is InChI=1S/2C10H20.2C9H13P.Zr/c2*1-6-7(2)9(4)10(5)8(6)3;2*1-6-4-7(2)9(10)8(3)5-6;/h2*6-10H,1-5H3;2*4-5H,10H2,1-3H3;/q;;;;+2. The van der Waals surface area contributed by atoms with E-state index in [0.717, 1.165) is 59.2 Å². The van der Waals surface area contributed by atoms with Crippen molar-refractivity contribution in [2.45, 2.75) is 111 Å². The first-order valence-corrected chi connectivity index (χ1v) is 17.1. The second kappa shape index (κ2) is 18.2. The van der Waals surface area contributed by atoms with E-state index in [1.54, 1.807) is 0 Å². The zero-order valence-electron chi connectivity index (χ0n) is 29.7. The van der Waals surface area contributed by atoms with E-state index in [2.05, 4.69) is 154 Å². The Morgan fingerprint density at radius 2 is 0.463 bits per heavy atom. The van der Waals surface area contributed by atoms with Crippen LogP contribution >= 0.6 is 18.5 Å². The minimum absolute atomic E-state index is 0. The van der Waals surface area contributed by atoms with E-state index < -0.39 is 0 Å². The molecule has 0 nitrogen and oxygen atoms in total. The molecule has 0 bridgehead atoms. The second-order valence-electron chi connectivity index (χ2n) is 14.2. The van der Waals surface area contributed by atoms with Crippen molar-refractivity contribution in [3.63, 3.8) is 0 Å². The topological polar surface area (TPSA) is 0 Å². The number of aryl methyl sites for hydroxylation is 6. The summed E-state index contributed by atoms with van der Waals surface area (Å²) in [6, 6.07) is 8.81. The van der Waals surface area contributed by atoms with Crippen molar-refractivity contribution in [3.8, 4) is 0 Å². The maximum Gasteiger partial charge on any atom is 2.00 e. The molecule has 2 atom stereocenters. The molecule has 230 valence electrons. The summed E-state index contributed by atoms with van der Waals surface area (Å²) in [5.41, 5.74) is 8.15. The van der Waals surface area contributed by atoms with E-state index in [0.29, 0.717) is 0 Å². The van der Waals surface area contributed by atoms with Gasteiger partial charge in [-0.3, -0.25) is 0 Å². The molecule has 2 fully saturated rings. The van der Waals surface area contributed by atoms with Crippen molar-refractivity contribution in [1.82, 2.24) is 0 Å². The molecular weight excluding hydrogens is 610 g/mol. The van der Waals surface area contributed by atoms with Crippen molar-refractivity contribution in [2.75, 3.05) is 0 Å². The molecule has 2 aromatic carbocycles. The molecule has 2 aliphatic carbocycles. The van der Waals surface area contributed by atoms with Gasteiger partial charge in [0.2, 0.25) is 0 Å². The van der Waals surface area contributed by atoms with Gasteiger partial charge in [0.15, 0.2) is 0 Å². The van der Waals surface area contributed by atoms with Gasteiger partial charge in [0.05, 0.1) is 0 Å². The van der Waals surface area contributed by atoms with E-state index in [1.165, 1.54) is 44.0 Å². The summed E-state index contributed by atoms with van der Waals surface area (Å²) in [6.07, 6.45) is 0. The predicted octanol–water partition coefficient (Wildman–Crippen LogP) is 10.6. The van der Waals surface area contributed by atoms with Crippen LogP contribution in [0.4, 0.5) is 0 Å². The predicted molar refractivity (Wildman–Crippen MR) is 192 cm³/mol. The van der Waals surface area contributed by atoms with E-state index in [4.69, 9.17) is 0 Å². The van der Waals surface area contributed by atoms with Gasteiger partial charge < -0.3 is 0 Å². The fourth-order valence-electron chi connectivity index (χ4n) is 7.17. The third kappa shape index (κ3) is 11.2. The van der Waals surface area contributed by atoms with Crippen LogP contribution in [0.3, 0.4) is 0 Å². The maximum absolute atomic E-state index is 2.77. The van der Waals surface area contributed by atoms with Gasteiger partial charge in [0, 0.05) is 0 Å².